The number of ether oxygens (including phenoxy) is 4. The minimum absolute atomic E-state index is 0.282. The Hall–Kier alpha value is -1.80. The fourth-order valence-electron chi connectivity index (χ4n) is 3.35. The predicted octanol–water partition coefficient (Wildman–Crippen LogP) is 2.66. The van der Waals surface area contributed by atoms with E-state index >= 15 is 0 Å². The van der Waals surface area contributed by atoms with E-state index < -0.39 is 36.8 Å². The first-order valence-electron chi connectivity index (χ1n) is 9.90. The zero-order chi connectivity index (χ0) is 20.7. The largest absolute Gasteiger partial charge is 0.394 e. The van der Waals surface area contributed by atoms with Crippen molar-refractivity contribution in [1.29, 1.82) is 0 Å². The lowest BCUT2D eigenvalue weighted by Crippen LogP contribution is -2.50. The van der Waals surface area contributed by atoms with Crippen molar-refractivity contribution >= 4 is 0 Å². The highest BCUT2D eigenvalue weighted by Gasteiger charge is 2.43. The van der Waals surface area contributed by atoms with Gasteiger partial charge >= 0.3 is 0 Å². The Morgan fingerprint density at radius 3 is 2.00 bits per heavy atom. The monoisotopic (exact) mass is 402 g/mol. The molecule has 0 saturated carbocycles. The molecule has 158 valence electrons. The lowest BCUT2D eigenvalue weighted by Gasteiger charge is -2.33. The van der Waals surface area contributed by atoms with Gasteiger partial charge in [0.15, 0.2) is 5.79 Å². The van der Waals surface area contributed by atoms with Crippen LogP contribution < -0.4 is 0 Å². The lowest BCUT2D eigenvalue weighted by molar-refractivity contribution is -0.197. The zero-order valence-electron chi connectivity index (χ0n) is 16.9. The second-order valence-corrected chi connectivity index (χ2v) is 7.64. The summed E-state index contributed by atoms with van der Waals surface area (Å²) < 4.78 is 23.9. The van der Waals surface area contributed by atoms with Crippen molar-refractivity contribution in [2.45, 2.75) is 57.3 Å². The lowest BCUT2D eigenvalue weighted by atomic mass is 10.0. The Labute approximate surface area is 172 Å². The molecule has 1 saturated heterocycles. The van der Waals surface area contributed by atoms with Gasteiger partial charge in [0.25, 0.3) is 0 Å². The molecule has 0 spiro atoms. The number of rotatable bonds is 10. The van der Waals surface area contributed by atoms with Gasteiger partial charge in [0.2, 0.25) is 0 Å². The maximum Gasteiger partial charge on any atom is 0.163 e. The van der Waals surface area contributed by atoms with Crippen LogP contribution in [-0.2, 0) is 32.2 Å². The smallest absolute Gasteiger partial charge is 0.163 e. The summed E-state index contributed by atoms with van der Waals surface area (Å²) in [5.74, 6) is -0.743. The van der Waals surface area contributed by atoms with E-state index in [0.29, 0.717) is 13.2 Å². The highest BCUT2D eigenvalue weighted by molar-refractivity contribution is 5.14. The van der Waals surface area contributed by atoms with E-state index in [0.717, 1.165) is 11.1 Å². The average molecular weight is 402 g/mol. The third-order valence-electron chi connectivity index (χ3n) is 4.86. The molecule has 2 aromatic carbocycles. The van der Waals surface area contributed by atoms with Crippen LogP contribution in [0.25, 0.3) is 0 Å². The fourth-order valence-corrected chi connectivity index (χ4v) is 3.35. The second-order valence-electron chi connectivity index (χ2n) is 7.64. The van der Waals surface area contributed by atoms with E-state index in [1.54, 1.807) is 0 Å². The molecular weight excluding hydrogens is 372 g/mol. The minimum atomic E-state index is -1.12. The molecule has 0 radical (unpaired) electrons. The molecule has 29 heavy (non-hydrogen) atoms. The Morgan fingerprint density at radius 1 is 0.966 bits per heavy atom. The van der Waals surface area contributed by atoms with Crippen molar-refractivity contribution in [3.63, 3.8) is 0 Å². The molecular formula is C23H30O6. The minimum Gasteiger partial charge on any atom is -0.394 e. The summed E-state index contributed by atoms with van der Waals surface area (Å²) >= 11 is 0. The van der Waals surface area contributed by atoms with Crippen molar-refractivity contribution in [3.8, 4) is 0 Å². The van der Waals surface area contributed by atoms with Gasteiger partial charge in [-0.25, -0.2) is 0 Å². The normalized spacial score (nSPS) is 21.6. The number of aliphatic hydroxyl groups excluding tert-OH is 2. The average Bonchev–Trinajstić information content (AvgIpc) is 3.10. The van der Waals surface area contributed by atoms with Crippen LogP contribution in [0.5, 0.6) is 0 Å². The standard InChI is InChI=1S/C23H30O6/c1-23(2)28-16-20(29-23)22(27-15-18-11-7-4-8-12-18)21(19(25)13-24)26-14-17-9-5-3-6-10-17/h3-12,19-22,24-25H,13-16H2,1-2H3/t19-,20-,21-,22-/m1/s1. The van der Waals surface area contributed by atoms with Crippen molar-refractivity contribution < 1.29 is 29.2 Å². The molecule has 1 fully saturated rings. The fraction of sp³-hybridized carbons (Fsp3) is 0.478. The third-order valence-corrected chi connectivity index (χ3v) is 4.86. The van der Waals surface area contributed by atoms with Crippen molar-refractivity contribution in [2.75, 3.05) is 13.2 Å². The summed E-state index contributed by atoms with van der Waals surface area (Å²) in [6.45, 7) is 4.16. The van der Waals surface area contributed by atoms with Crippen LogP contribution in [0, 0.1) is 0 Å². The maximum atomic E-state index is 10.5. The van der Waals surface area contributed by atoms with Crippen molar-refractivity contribution in [1.82, 2.24) is 0 Å². The Balaban J connectivity index is 1.76. The molecule has 6 nitrogen and oxygen atoms in total. The van der Waals surface area contributed by atoms with Gasteiger partial charge in [-0.05, 0) is 25.0 Å². The molecule has 1 heterocycles. The van der Waals surface area contributed by atoms with Crippen LogP contribution in [0.3, 0.4) is 0 Å². The summed E-state index contributed by atoms with van der Waals surface area (Å²) in [4.78, 5) is 0. The maximum absolute atomic E-state index is 10.5. The number of aliphatic hydroxyl groups is 2. The second kappa shape index (κ2) is 10.3. The van der Waals surface area contributed by atoms with Crippen LogP contribution in [0.15, 0.2) is 60.7 Å². The van der Waals surface area contributed by atoms with Gasteiger partial charge in [0.05, 0.1) is 26.4 Å². The first-order valence-corrected chi connectivity index (χ1v) is 9.90. The summed E-state index contributed by atoms with van der Waals surface area (Å²) in [5, 5.41) is 20.1. The van der Waals surface area contributed by atoms with Gasteiger partial charge in [-0.3, -0.25) is 0 Å². The van der Waals surface area contributed by atoms with Crippen LogP contribution in [0.4, 0.5) is 0 Å². The molecule has 2 aromatic rings. The van der Waals surface area contributed by atoms with Crippen LogP contribution >= 0.6 is 0 Å². The van der Waals surface area contributed by atoms with Crippen LogP contribution in [-0.4, -0.2) is 53.6 Å². The Kier molecular flexibility index (Phi) is 7.77. The third kappa shape index (κ3) is 6.34. The topological polar surface area (TPSA) is 77.4 Å². The molecule has 1 aliphatic heterocycles. The van der Waals surface area contributed by atoms with Gasteiger partial charge < -0.3 is 29.2 Å². The molecule has 0 bridgehead atoms. The van der Waals surface area contributed by atoms with Gasteiger partial charge in [0.1, 0.15) is 24.4 Å². The number of benzene rings is 2. The van der Waals surface area contributed by atoms with E-state index in [2.05, 4.69) is 0 Å². The quantitative estimate of drug-likeness (QED) is 0.636. The van der Waals surface area contributed by atoms with Crippen molar-refractivity contribution in [2.24, 2.45) is 0 Å². The van der Waals surface area contributed by atoms with E-state index in [9.17, 15) is 10.2 Å². The first-order chi connectivity index (χ1) is 14.0. The number of hydrogen-bond acceptors (Lipinski definition) is 6. The SMILES string of the molecule is CC1(C)OC[C@H]([C@@H](OCc2ccccc2)[C@H](OCc2ccccc2)[C@H](O)CO)O1. The Bertz CT molecular complexity index is 721. The van der Waals surface area contributed by atoms with Gasteiger partial charge in [-0.1, -0.05) is 60.7 Å². The predicted molar refractivity (Wildman–Crippen MR) is 108 cm³/mol. The summed E-state index contributed by atoms with van der Waals surface area (Å²) in [6.07, 6.45) is -2.96. The highest BCUT2D eigenvalue weighted by atomic mass is 16.8. The summed E-state index contributed by atoms with van der Waals surface area (Å²) in [5.41, 5.74) is 1.96. The van der Waals surface area contributed by atoms with Gasteiger partial charge in [-0.15, -0.1) is 0 Å². The summed E-state index contributed by atoms with van der Waals surface area (Å²) in [7, 11) is 0. The van der Waals surface area contributed by atoms with Crippen LogP contribution in [0.2, 0.25) is 0 Å². The van der Waals surface area contributed by atoms with Gasteiger partial charge in [0, 0.05) is 0 Å². The molecule has 4 atom stereocenters. The van der Waals surface area contributed by atoms with Crippen molar-refractivity contribution in [3.05, 3.63) is 71.8 Å². The zero-order valence-corrected chi connectivity index (χ0v) is 16.9. The van der Waals surface area contributed by atoms with E-state index in [1.165, 1.54) is 0 Å². The first kappa shape index (κ1) is 21.9. The molecule has 6 heteroatoms. The molecule has 0 unspecified atom stereocenters. The van der Waals surface area contributed by atoms with Crippen LogP contribution in [0.1, 0.15) is 25.0 Å². The van der Waals surface area contributed by atoms with E-state index in [4.69, 9.17) is 18.9 Å². The molecule has 2 N–H and O–H groups in total. The Morgan fingerprint density at radius 2 is 1.52 bits per heavy atom. The highest BCUT2D eigenvalue weighted by Crippen LogP contribution is 2.29. The van der Waals surface area contributed by atoms with Gasteiger partial charge in [-0.2, -0.15) is 0 Å². The van der Waals surface area contributed by atoms with E-state index in [1.807, 2.05) is 74.5 Å². The molecule has 0 aliphatic carbocycles. The number of hydrogen-bond donors (Lipinski definition) is 2. The van der Waals surface area contributed by atoms with E-state index in [-0.39, 0.29) is 6.61 Å². The molecule has 3 rings (SSSR count). The molecule has 1 aliphatic rings. The molecule has 0 amide bonds. The molecule has 0 aromatic heterocycles. The summed E-state index contributed by atoms with van der Waals surface area (Å²) in [6, 6.07) is 19.4.